The Morgan fingerprint density at radius 1 is 1.38 bits per heavy atom. The van der Waals surface area contributed by atoms with Gasteiger partial charge in [-0.15, -0.1) is 0 Å². The van der Waals surface area contributed by atoms with Crippen LogP contribution in [0.5, 0.6) is 0 Å². The summed E-state index contributed by atoms with van der Waals surface area (Å²) in [6.45, 7) is 4.13. The van der Waals surface area contributed by atoms with Gasteiger partial charge in [0.1, 0.15) is 5.60 Å². The summed E-state index contributed by atoms with van der Waals surface area (Å²) in [5, 5.41) is 16.7. The smallest absolute Gasteiger partial charge is 0.316 e. The molecule has 6 heteroatoms. The van der Waals surface area contributed by atoms with Crippen LogP contribution in [0.2, 0.25) is 0 Å². The third-order valence-electron chi connectivity index (χ3n) is 4.39. The van der Waals surface area contributed by atoms with Crippen molar-refractivity contribution < 1.29 is 14.7 Å². The van der Waals surface area contributed by atoms with Crippen LogP contribution >= 0.6 is 11.3 Å². The minimum Gasteiger partial charge on any atom is -0.384 e. The standard InChI is InChI=1S/C18H20N2O3S/c1-12-9-20(15-6-4-3-5-14(12)15)17(22)16(21)19-11-18(2,23)13-7-8-24-10-13/h3-8,10,12,23H,9,11H2,1-2H3,(H,19,21). The van der Waals surface area contributed by atoms with Crippen molar-refractivity contribution in [3.63, 3.8) is 0 Å². The molecule has 2 atom stereocenters. The molecule has 1 aliphatic heterocycles. The molecule has 3 rings (SSSR count). The summed E-state index contributed by atoms with van der Waals surface area (Å²) in [7, 11) is 0. The summed E-state index contributed by atoms with van der Waals surface area (Å²) < 4.78 is 0. The first-order chi connectivity index (χ1) is 11.4. The number of para-hydroxylation sites is 1. The predicted molar refractivity (Wildman–Crippen MR) is 94.1 cm³/mol. The largest absolute Gasteiger partial charge is 0.384 e. The molecule has 2 N–H and O–H groups in total. The maximum atomic E-state index is 12.5. The van der Waals surface area contributed by atoms with E-state index >= 15 is 0 Å². The number of carbonyl (C=O) groups excluding carboxylic acids is 2. The third kappa shape index (κ3) is 3.07. The maximum Gasteiger partial charge on any atom is 0.316 e. The van der Waals surface area contributed by atoms with Crippen LogP contribution in [-0.2, 0) is 15.2 Å². The van der Waals surface area contributed by atoms with Gasteiger partial charge >= 0.3 is 11.8 Å². The molecule has 0 bridgehead atoms. The molecule has 126 valence electrons. The zero-order chi connectivity index (χ0) is 17.3. The molecular weight excluding hydrogens is 324 g/mol. The van der Waals surface area contributed by atoms with Crippen molar-refractivity contribution in [2.24, 2.45) is 0 Å². The Labute approximate surface area is 144 Å². The quantitative estimate of drug-likeness (QED) is 0.839. The summed E-state index contributed by atoms with van der Waals surface area (Å²) in [6, 6.07) is 9.42. The number of amides is 2. The van der Waals surface area contributed by atoms with E-state index in [1.165, 1.54) is 16.2 Å². The fourth-order valence-corrected chi connectivity index (χ4v) is 3.72. The number of benzene rings is 1. The molecular formula is C18H20N2O3S. The Morgan fingerprint density at radius 2 is 2.12 bits per heavy atom. The molecule has 0 fully saturated rings. The maximum absolute atomic E-state index is 12.5. The molecule has 1 aliphatic rings. The molecule has 0 saturated heterocycles. The van der Waals surface area contributed by atoms with Crippen LogP contribution in [0.25, 0.3) is 0 Å². The van der Waals surface area contributed by atoms with Crippen LogP contribution in [0.4, 0.5) is 5.69 Å². The Bertz CT molecular complexity index is 755. The van der Waals surface area contributed by atoms with Gasteiger partial charge in [-0.3, -0.25) is 9.59 Å². The number of hydrogen-bond acceptors (Lipinski definition) is 4. The van der Waals surface area contributed by atoms with E-state index in [-0.39, 0.29) is 12.5 Å². The lowest BCUT2D eigenvalue weighted by Crippen LogP contribution is -2.46. The van der Waals surface area contributed by atoms with Gasteiger partial charge in [-0.2, -0.15) is 11.3 Å². The fraction of sp³-hybridized carbons (Fsp3) is 0.333. The van der Waals surface area contributed by atoms with Gasteiger partial charge in [-0.05, 0) is 40.9 Å². The number of carbonyl (C=O) groups is 2. The highest BCUT2D eigenvalue weighted by molar-refractivity contribution is 7.08. The number of fused-ring (bicyclic) bond motifs is 1. The van der Waals surface area contributed by atoms with Crippen LogP contribution in [0.15, 0.2) is 41.1 Å². The molecule has 2 heterocycles. The van der Waals surface area contributed by atoms with Gasteiger partial charge in [0.25, 0.3) is 0 Å². The van der Waals surface area contributed by atoms with Crippen molar-refractivity contribution in [1.82, 2.24) is 5.32 Å². The van der Waals surface area contributed by atoms with E-state index < -0.39 is 17.4 Å². The first-order valence-electron chi connectivity index (χ1n) is 7.84. The number of hydrogen-bond donors (Lipinski definition) is 2. The molecule has 5 nitrogen and oxygen atoms in total. The predicted octanol–water partition coefficient (Wildman–Crippen LogP) is 2.22. The third-order valence-corrected chi connectivity index (χ3v) is 5.07. The minimum absolute atomic E-state index is 0.0145. The van der Waals surface area contributed by atoms with E-state index in [4.69, 9.17) is 0 Å². The zero-order valence-electron chi connectivity index (χ0n) is 13.7. The van der Waals surface area contributed by atoms with Crippen LogP contribution < -0.4 is 10.2 Å². The molecule has 0 spiro atoms. The minimum atomic E-state index is -1.20. The second kappa shape index (κ2) is 6.37. The molecule has 0 radical (unpaired) electrons. The van der Waals surface area contributed by atoms with Crippen molar-refractivity contribution in [3.05, 3.63) is 52.2 Å². The van der Waals surface area contributed by atoms with Crippen LogP contribution in [-0.4, -0.2) is 30.0 Å². The van der Waals surface area contributed by atoms with Gasteiger partial charge in [-0.1, -0.05) is 25.1 Å². The number of nitrogens with one attached hydrogen (secondary N) is 1. The molecule has 2 unspecified atom stereocenters. The van der Waals surface area contributed by atoms with Crippen molar-refractivity contribution in [1.29, 1.82) is 0 Å². The normalized spacial score (nSPS) is 18.8. The van der Waals surface area contributed by atoms with Crippen molar-refractivity contribution in [2.75, 3.05) is 18.0 Å². The van der Waals surface area contributed by atoms with Gasteiger partial charge < -0.3 is 15.3 Å². The highest BCUT2D eigenvalue weighted by Gasteiger charge is 2.33. The molecule has 1 aromatic heterocycles. The second-order valence-electron chi connectivity index (χ2n) is 6.34. The summed E-state index contributed by atoms with van der Waals surface area (Å²) >= 11 is 1.47. The number of thiophene rings is 1. The van der Waals surface area contributed by atoms with E-state index in [1.54, 1.807) is 13.0 Å². The zero-order valence-corrected chi connectivity index (χ0v) is 14.5. The number of aliphatic hydroxyl groups is 1. The van der Waals surface area contributed by atoms with Crippen molar-refractivity contribution in [2.45, 2.75) is 25.4 Å². The SMILES string of the molecule is CC1CN(C(=O)C(=O)NCC(C)(O)c2ccsc2)c2ccccc21. The molecule has 0 aliphatic carbocycles. The monoisotopic (exact) mass is 344 g/mol. The van der Waals surface area contributed by atoms with Gasteiger partial charge in [-0.25, -0.2) is 0 Å². The number of anilines is 1. The van der Waals surface area contributed by atoms with E-state index in [1.807, 2.05) is 41.9 Å². The molecule has 0 saturated carbocycles. The lowest BCUT2D eigenvalue weighted by Gasteiger charge is -2.23. The average Bonchev–Trinajstić information content (AvgIpc) is 3.21. The second-order valence-corrected chi connectivity index (χ2v) is 7.12. The van der Waals surface area contributed by atoms with Gasteiger partial charge in [0, 0.05) is 18.2 Å². The van der Waals surface area contributed by atoms with Crippen molar-refractivity contribution in [3.8, 4) is 0 Å². The fourth-order valence-electron chi connectivity index (χ4n) is 2.94. The summed E-state index contributed by atoms with van der Waals surface area (Å²) in [6.07, 6.45) is 0. The van der Waals surface area contributed by atoms with Crippen molar-refractivity contribution >= 4 is 28.8 Å². The Hall–Kier alpha value is -2.18. The Kier molecular flexibility index (Phi) is 4.43. The lowest BCUT2D eigenvalue weighted by atomic mass is 9.99. The topological polar surface area (TPSA) is 69.6 Å². The summed E-state index contributed by atoms with van der Waals surface area (Å²) in [5.41, 5.74) is 1.38. The Balaban J connectivity index is 1.67. The van der Waals surface area contributed by atoms with Crippen LogP contribution in [0.1, 0.15) is 30.9 Å². The number of rotatable bonds is 3. The average molecular weight is 344 g/mol. The first kappa shape index (κ1) is 16.7. The van der Waals surface area contributed by atoms with Gasteiger partial charge in [0.15, 0.2) is 0 Å². The lowest BCUT2D eigenvalue weighted by molar-refractivity contribution is -0.138. The summed E-state index contributed by atoms with van der Waals surface area (Å²) in [4.78, 5) is 26.3. The Morgan fingerprint density at radius 3 is 2.83 bits per heavy atom. The highest BCUT2D eigenvalue weighted by atomic mass is 32.1. The van der Waals surface area contributed by atoms with E-state index in [9.17, 15) is 14.7 Å². The number of nitrogens with zero attached hydrogens (tertiary/aromatic N) is 1. The van der Waals surface area contributed by atoms with E-state index in [0.29, 0.717) is 6.54 Å². The molecule has 1 aromatic carbocycles. The highest BCUT2D eigenvalue weighted by Crippen LogP contribution is 2.35. The molecule has 2 aromatic rings. The van der Waals surface area contributed by atoms with Crippen LogP contribution in [0.3, 0.4) is 0 Å². The summed E-state index contributed by atoms with van der Waals surface area (Å²) in [5.74, 6) is -1.09. The van der Waals surface area contributed by atoms with E-state index in [2.05, 4.69) is 5.32 Å². The first-order valence-corrected chi connectivity index (χ1v) is 8.78. The van der Waals surface area contributed by atoms with E-state index in [0.717, 1.165) is 16.8 Å². The van der Waals surface area contributed by atoms with Gasteiger partial charge in [0.2, 0.25) is 0 Å². The molecule has 24 heavy (non-hydrogen) atoms. The van der Waals surface area contributed by atoms with Crippen LogP contribution in [0, 0.1) is 0 Å². The molecule has 2 amide bonds. The van der Waals surface area contributed by atoms with Gasteiger partial charge in [0.05, 0.1) is 6.54 Å².